The molecule has 0 spiro atoms. The normalized spacial score (nSPS) is 20.7. The summed E-state index contributed by atoms with van der Waals surface area (Å²) < 4.78 is 5.30. The Labute approximate surface area is 205 Å². The summed E-state index contributed by atoms with van der Waals surface area (Å²) in [6.07, 6.45) is 0.727. The van der Waals surface area contributed by atoms with Gasteiger partial charge in [0.05, 0.1) is 24.1 Å². The smallest absolute Gasteiger partial charge is 0.326 e. The second kappa shape index (κ2) is 13.5. The summed E-state index contributed by atoms with van der Waals surface area (Å²) in [5.41, 5.74) is 7.59. The van der Waals surface area contributed by atoms with Gasteiger partial charge in [-0.05, 0) is 35.8 Å². The number of methoxy groups -OCH3 is 1. The zero-order valence-corrected chi connectivity index (χ0v) is 20.9. The molecule has 0 fully saturated rings. The molecule has 2 unspecified atom stereocenters. The van der Waals surface area contributed by atoms with Gasteiger partial charge in [0.2, 0.25) is 11.8 Å². The van der Waals surface area contributed by atoms with E-state index in [2.05, 4.69) is 16.0 Å². The molecule has 6 N–H and O–H groups in total. The number of nitrogens with one attached hydrogen (secondary N) is 3. The first-order valence-electron chi connectivity index (χ1n) is 11.3. The van der Waals surface area contributed by atoms with Crippen molar-refractivity contribution < 1.29 is 24.2 Å². The number of rotatable bonds is 12. The molecular formula is C24H36N4O5S. The summed E-state index contributed by atoms with van der Waals surface area (Å²) >= 11 is 1.43. The summed E-state index contributed by atoms with van der Waals surface area (Å²) in [6.45, 7) is 6.02. The lowest BCUT2D eigenvalue weighted by atomic mass is 10.0. The molecule has 1 aromatic carbocycles. The molecule has 0 bridgehead atoms. The molecule has 9 nitrogen and oxygen atoms in total. The van der Waals surface area contributed by atoms with Gasteiger partial charge < -0.3 is 26.2 Å². The van der Waals surface area contributed by atoms with Crippen molar-refractivity contribution in [2.24, 2.45) is 11.7 Å². The monoisotopic (exact) mass is 492 g/mol. The van der Waals surface area contributed by atoms with Crippen molar-refractivity contribution in [3.8, 4) is 0 Å². The number of thioether (sulfide) groups is 1. The number of aliphatic carboxylic acids is 1. The van der Waals surface area contributed by atoms with E-state index in [9.17, 15) is 19.5 Å². The number of carbonyl (C=O) groups excluding carboxylic acids is 2. The molecule has 1 aliphatic heterocycles. The van der Waals surface area contributed by atoms with Gasteiger partial charge in [-0.2, -0.15) is 0 Å². The number of hydrogen-bond donors (Lipinski definition) is 5. The molecule has 0 saturated carbocycles. The molecule has 1 aromatic rings. The van der Waals surface area contributed by atoms with Crippen LogP contribution in [0.5, 0.6) is 0 Å². The number of ether oxygens (including phenoxy) is 1. The predicted molar refractivity (Wildman–Crippen MR) is 133 cm³/mol. The van der Waals surface area contributed by atoms with Crippen molar-refractivity contribution in [3.05, 3.63) is 46.9 Å². The largest absolute Gasteiger partial charge is 0.480 e. The third-order valence-corrected chi connectivity index (χ3v) is 6.71. The van der Waals surface area contributed by atoms with E-state index in [4.69, 9.17) is 10.5 Å². The van der Waals surface area contributed by atoms with E-state index in [-0.39, 0.29) is 30.2 Å². The van der Waals surface area contributed by atoms with Crippen LogP contribution in [0.1, 0.15) is 32.8 Å². The van der Waals surface area contributed by atoms with Crippen molar-refractivity contribution in [3.63, 3.8) is 0 Å². The maximum absolute atomic E-state index is 13.1. The van der Waals surface area contributed by atoms with Crippen LogP contribution in [-0.4, -0.2) is 66.1 Å². The first kappa shape index (κ1) is 27.8. The van der Waals surface area contributed by atoms with E-state index in [1.807, 2.05) is 49.6 Å². The Balaban J connectivity index is 2.08. The Morgan fingerprint density at radius 2 is 1.88 bits per heavy atom. The predicted octanol–water partition coefficient (Wildman–Crippen LogP) is 1.24. The first-order valence-corrected chi connectivity index (χ1v) is 12.3. The molecule has 0 saturated heterocycles. The standard InChI is InChI=1S/C24H36N4O5S/c1-14(2)10-17(25)21(29)27-19(12-33-4)23-28-20(15(3)13-34-23)22(30)26-18(24(31)32)11-16-8-6-5-7-9-16/h5-9,13-14,17-20,23,28H,10-12,25H2,1-4H3,(H,26,30)(H,27,29)(H,31,32)/t17-,18?,19+,20?,23+/m0/s1. The van der Waals surface area contributed by atoms with Crippen molar-refractivity contribution in [2.75, 3.05) is 13.7 Å². The number of carboxylic acid groups (broad SMARTS) is 1. The number of amides is 2. The van der Waals surface area contributed by atoms with Crippen LogP contribution >= 0.6 is 11.8 Å². The van der Waals surface area contributed by atoms with Crippen molar-refractivity contribution in [2.45, 2.75) is 63.2 Å². The van der Waals surface area contributed by atoms with Crippen LogP contribution in [-0.2, 0) is 25.5 Å². The molecular weight excluding hydrogens is 456 g/mol. The number of nitrogens with two attached hydrogens (primary N) is 1. The molecule has 34 heavy (non-hydrogen) atoms. The Kier molecular flexibility index (Phi) is 11.0. The molecule has 0 aromatic heterocycles. The molecule has 0 radical (unpaired) electrons. The number of carbonyl (C=O) groups is 3. The summed E-state index contributed by atoms with van der Waals surface area (Å²) in [4.78, 5) is 37.5. The molecule has 2 rings (SSSR count). The summed E-state index contributed by atoms with van der Waals surface area (Å²) in [6, 6.07) is 6.24. The van der Waals surface area contributed by atoms with Gasteiger partial charge >= 0.3 is 5.97 Å². The lowest BCUT2D eigenvalue weighted by Gasteiger charge is -2.35. The fraction of sp³-hybridized carbons (Fsp3) is 0.542. The fourth-order valence-corrected chi connectivity index (χ4v) is 4.72. The zero-order valence-electron chi connectivity index (χ0n) is 20.1. The first-order chi connectivity index (χ1) is 16.1. The lowest BCUT2D eigenvalue weighted by Crippen LogP contribution is -2.60. The molecule has 5 atom stereocenters. The molecule has 1 heterocycles. The minimum Gasteiger partial charge on any atom is -0.480 e. The zero-order chi connectivity index (χ0) is 25.3. The van der Waals surface area contributed by atoms with E-state index in [0.29, 0.717) is 6.42 Å². The van der Waals surface area contributed by atoms with Crippen molar-refractivity contribution in [1.29, 1.82) is 0 Å². The van der Waals surface area contributed by atoms with Gasteiger partial charge in [-0.25, -0.2) is 4.79 Å². The molecule has 188 valence electrons. The lowest BCUT2D eigenvalue weighted by molar-refractivity contribution is -0.142. The van der Waals surface area contributed by atoms with Crippen LogP contribution < -0.4 is 21.7 Å². The molecule has 1 aliphatic rings. The van der Waals surface area contributed by atoms with Gasteiger partial charge in [0.15, 0.2) is 0 Å². The summed E-state index contributed by atoms with van der Waals surface area (Å²) in [5, 5.41) is 19.9. The van der Waals surface area contributed by atoms with Gasteiger partial charge in [0.1, 0.15) is 12.1 Å². The molecule has 2 amide bonds. The average molecular weight is 493 g/mol. The fourth-order valence-electron chi connectivity index (χ4n) is 3.67. The van der Waals surface area contributed by atoms with Crippen LogP contribution in [0.2, 0.25) is 0 Å². The van der Waals surface area contributed by atoms with Crippen LogP contribution in [0.4, 0.5) is 0 Å². The maximum atomic E-state index is 13.1. The van der Waals surface area contributed by atoms with E-state index in [1.54, 1.807) is 6.92 Å². The van der Waals surface area contributed by atoms with E-state index in [0.717, 1.165) is 11.1 Å². The highest BCUT2D eigenvalue weighted by Gasteiger charge is 2.35. The third-order valence-electron chi connectivity index (χ3n) is 5.45. The van der Waals surface area contributed by atoms with Gasteiger partial charge in [-0.15, -0.1) is 11.8 Å². The number of hydrogen-bond acceptors (Lipinski definition) is 7. The van der Waals surface area contributed by atoms with Gasteiger partial charge in [0, 0.05) is 13.5 Å². The highest BCUT2D eigenvalue weighted by atomic mass is 32.2. The third kappa shape index (κ3) is 8.43. The topological polar surface area (TPSA) is 143 Å². The van der Waals surface area contributed by atoms with Crippen LogP contribution in [0, 0.1) is 5.92 Å². The SMILES string of the molecule is COC[C@@H](NC(=O)[C@@H](N)CC(C)C)[C@@H]1NC(C(=O)NC(Cc2ccccc2)C(=O)O)C(C)=CS1. The average Bonchev–Trinajstić information content (AvgIpc) is 2.78. The summed E-state index contributed by atoms with van der Waals surface area (Å²) in [7, 11) is 1.53. The second-order valence-electron chi connectivity index (χ2n) is 8.91. The Morgan fingerprint density at radius 1 is 1.21 bits per heavy atom. The van der Waals surface area contributed by atoms with Crippen LogP contribution in [0.3, 0.4) is 0 Å². The van der Waals surface area contributed by atoms with Gasteiger partial charge in [-0.3, -0.25) is 14.9 Å². The Bertz CT molecular complexity index is 864. The Morgan fingerprint density at radius 3 is 2.47 bits per heavy atom. The second-order valence-corrected chi connectivity index (χ2v) is 9.93. The minimum atomic E-state index is -1.11. The maximum Gasteiger partial charge on any atom is 0.326 e. The van der Waals surface area contributed by atoms with Crippen molar-refractivity contribution >= 4 is 29.5 Å². The highest BCUT2D eigenvalue weighted by Crippen LogP contribution is 2.25. The highest BCUT2D eigenvalue weighted by molar-refractivity contribution is 8.02. The number of carboxylic acids is 1. The van der Waals surface area contributed by atoms with Crippen LogP contribution in [0.15, 0.2) is 41.3 Å². The van der Waals surface area contributed by atoms with Crippen molar-refractivity contribution in [1.82, 2.24) is 16.0 Å². The van der Waals surface area contributed by atoms with Crippen LogP contribution in [0.25, 0.3) is 0 Å². The van der Waals surface area contributed by atoms with Gasteiger partial charge in [0.25, 0.3) is 0 Å². The Hall–Kier alpha value is -2.40. The number of benzene rings is 1. The van der Waals surface area contributed by atoms with E-state index >= 15 is 0 Å². The van der Waals surface area contributed by atoms with E-state index in [1.165, 1.54) is 18.9 Å². The molecule has 0 aliphatic carbocycles. The minimum absolute atomic E-state index is 0.172. The molecule has 10 heteroatoms. The van der Waals surface area contributed by atoms with Gasteiger partial charge in [-0.1, -0.05) is 44.2 Å². The quantitative estimate of drug-likeness (QED) is 0.293. The van der Waals surface area contributed by atoms with E-state index < -0.39 is 36.0 Å². The summed E-state index contributed by atoms with van der Waals surface area (Å²) in [5.74, 6) is -1.55.